The summed E-state index contributed by atoms with van der Waals surface area (Å²) in [4.78, 5) is 0. The van der Waals surface area contributed by atoms with E-state index in [1.807, 2.05) is 30.8 Å². The highest BCUT2D eigenvalue weighted by Gasteiger charge is 2.18. The Labute approximate surface area is 107 Å². The number of nitrogens with zero attached hydrogens (tertiary/aromatic N) is 4. The molecular weight excluding hydrogens is 226 g/mol. The van der Waals surface area contributed by atoms with E-state index in [0.717, 1.165) is 23.8 Å². The molecule has 0 aliphatic rings. The van der Waals surface area contributed by atoms with E-state index in [1.54, 1.807) is 6.20 Å². The molecule has 2 heterocycles. The second-order valence-electron chi connectivity index (χ2n) is 4.54. The standard InChI is InChI=1S/C13H19N5/c1-9(8-14-4)13-10(2)17-18(11(13)3)12-6-5-7-15-16-12/h5-7,9,14H,8H2,1-4H3. The summed E-state index contributed by atoms with van der Waals surface area (Å²) in [5, 5.41) is 15.8. The third-order valence-corrected chi connectivity index (χ3v) is 3.13. The summed E-state index contributed by atoms with van der Waals surface area (Å²) in [7, 11) is 1.97. The molecule has 5 nitrogen and oxygen atoms in total. The molecule has 0 bridgehead atoms. The third-order valence-electron chi connectivity index (χ3n) is 3.13. The number of hydrogen-bond donors (Lipinski definition) is 1. The first-order valence-corrected chi connectivity index (χ1v) is 6.14. The predicted molar refractivity (Wildman–Crippen MR) is 71.0 cm³/mol. The molecule has 0 spiro atoms. The first-order chi connectivity index (χ1) is 8.65. The smallest absolute Gasteiger partial charge is 0.175 e. The van der Waals surface area contributed by atoms with Crippen LogP contribution in [-0.2, 0) is 0 Å². The lowest BCUT2D eigenvalue weighted by Crippen LogP contribution is -2.16. The SMILES string of the molecule is CNCC(C)c1c(C)nn(-c2cccnn2)c1C. The first kappa shape index (κ1) is 12.7. The number of aryl methyl sites for hydroxylation is 1. The van der Waals surface area contributed by atoms with Crippen molar-refractivity contribution in [3.8, 4) is 5.82 Å². The lowest BCUT2D eigenvalue weighted by Gasteiger charge is -2.11. The average Bonchev–Trinajstić information content (AvgIpc) is 2.66. The van der Waals surface area contributed by atoms with Crippen molar-refractivity contribution in [2.75, 3.05) is 13.6 Å². The molecule has 2 rings (SSSR count). The molecule has 96 valence electrons. The van der Waals surface area contributed by atoms with Gasteiger partial charge in [0.05, 0.1) is 5.69 Å². The fourth-order valence-corrected chi connectivity index (χ4v) is 2.41. The van der Waals surface area contributed by atoms with Gasteiger partial charge in [0.2, 0.25) is 0 Å². The normalized spacial score (nSPS) is 12.7. The molecule has 0 amide bonds. The van der Waals surface area contributed by atoms with Gasteiger partial charge in [0, 0.05) is 24.0 Å². The quantitative estimate of drug-likeness (QED) is 0.889. The van der Waals surface area contributed by atoms with Gasteiger partial charge >= 0.3 is 0 Å². The van der Waals surface area contributed by atoms with Crippen molar-refractivity contribution < 1.29 is 0 Å². The van der Waals surface area contributed by atoms with Crippen LogP contribution in [-0.4, -0.2) is 33.6 Å². The van der Waals surface area contributed by atoms with Crippen molar-refractivity contribution in [1.82, 2.24) is 25.3 Å². The van der Waals surface area contributed by atoms with Crippen LogP contribution in [0.15, 0.2) is 18.3 Å². The van der Waals surface area contributed by atoms with E-state index >= 15 is 0 Å². The second kappa shape index (κ2) is 5.27. The van der Waals surface area contributed by atoms with Gasteiger partial charge in [-0.3, -0.25) is 0 Å². The molecule has 0 aliphatic carbocycles. The molecule has 1 N–H and O–H groups in total. The van der Waals surface area contributed by atoms with Crippen LogP contribution in [0, 0.1) is 13.8 Å². The van der Waals surface area contributed by atoms with Gasteiger partial charge < -0.3 is 5.32 Å². The minimum absolute atomic E-state index is 0.431. The molecule has 0 aromatic carbocycles. The lowest BCUT2D eigenvalue weighted by molar-refractivity contribution is 0.670. The zero-order valence-electron chi connectivity index (χ0n) is 11.3. The highest BCUT2D eigenvalue weighted by Crippen LogP contribution is 2.24. The van der Waals surface area contributed by atoms with E-state index in [9.17, 15) is 0 Å². The summed E-state index contributed by atoms with van der Waals surface area (Å²) in [6, 6.07) is 3.79. The molecule has 0 aliphatic heterocycles. The molecule has 0 fully saturated rings. The van der Waals surface area contributed by atoms with Gasteiger partial charge in [0.1, 0.15) is 0 Å². The van der Waals surface area contributed by atoms with Crippen LogP contribution >= 0.6 is 0 Å². The van der Waals surface area contributed by atoms with Gasteiger partial charge in [-0.1, -0.05) is 6.92 Å². The van der Waals surface area contributed by atoms with Crippen LogP contribution in [0.2, 0.25) is 0 Å². The Morgan fingerprint density at radius 2 is 2.17 bits per heavy atom. The number of rotatable bonds is 4. The van der Waals surface area contributed by atoms with E-state index in [1.165, 1.54) is 5.56 Å². The van der Waals surface area contributed by atoms with E-state index in [4.69, 9.17) is 0 Å². The maximum Gasteiger partial charge on any atom is 0.175 e. The van der Waals surface area contributed by atoms with Crippen molar-refractivity contribution in [2.45, 2.75) is 26.7 Å². The van der Waals surface area contributed by atoms with Gasteiger partial charge in [-0.15, -0.1) is 5.10 Å². The van der Waals surface area contributed by atoms with Gasteiger partial charge in [-0.2, -0.15) is 10.2 Å². The van der Waals surface area contributed by atoms with Crippen LogP contribution in [0.1, 0.15) is 29.8 Å². The molecule has 5 heteroatoms. The minimum atomic E-state index is 0.431. The summed E-state index contributed by atoms with van der Waals surface area (Å²) < 4.78 is 1.86. The predicted octanol–water partition coefficient (Wildman–Crippen LogP) is 1.60. The number of aromatic nitrogens is 4. The third kappa shape index (κ3) is 2.26. The summed E-state index contributed by atoms with van der Waals surface area (Å²) in [5.74, 6) is 1.20. The summed E-state index contributed by atoms with van der Waals surface area (Å²) in [6.45, 7) is 7.26. The maximum atomic E-state index is 4.57. The first-order valence-electron chi connectivity index (χ1n) is 6.14. The van der Waals surface area contributed by atoms with Crippen molar-refractivity contribution in [2.24, 2.45) is 0 Å². The maximum absolute atomic E-state index is 4.57. The lowest BCUT2D eigenvalue weighted by atomic mass is 9.99. The monoisotopic (exact) mass is 245 g/mol. The van der Waals surface area contributed by atoms with E-state index in [2.05, 4.69) is 34.5 Å². The molecule has 18 heavy (non-hydrogen) atoms. The van der Waals surface area contributed by atoms with Crippen LogP contribution < -0.4 is 5.32 Å². The Kier molecular flexibility index (Phi) is 3.72. The summed E-state index contributed by atoms with van der Waals surface area (Å²) >= 11 is 0. The fourth-order valence-electron chi connectivity index (χ4n) is 2.41. The van der Waals surface area contributed by atoms with E-state index < -0.39 is 0 Å². The van der Waals surface area contributed by atoms with Gasteiger partial charge in [0.25, 0.3) is 0 Å². The van der Waals surface area contributed by atoms with Gasteiger partial charge in [-0.05, 0) is 38.9 Å². The topological polar surface area (TPSA) is 55.6 Å². The Morgan fingerprint density at radius 3 is 2.78 bits per heavy atom. The number of hydrogen-bond acceptors (Lipinski definition) is 4. The Hall–Kier alpha value is -1.75. The molecule has 1 unspecified atom stereocenters. The molecule has 2 aromatic heterocycles. The van der Waals surface area contributed by atoms with Crippen LogP contribution in [0.3, 0.4) is 0 Å². The Balaban J connectivity index is 2.44. The molecule has 2 aromatic rings. The van der Waals surface area contributed by atoms with Crippen molar-refractivity contribution in [3.05, 3.63) is 35.3 Å². The molecule has 0 saturated carbocycles. The molecular formula is C13H19N5. The van der Waals surface area contributed by atoms with Crippen molar-refractivity contribution in [1.29, 1.82) is 0 Å². The zero-order valence-corrected chi connectivity index (χ0v) is 11.3. The van der Waals surface area contributed by atoms with E-state index in [-0.39, 0.29) is 0 Å². The summed E-state index contributed by atoms with van der Waals surface area (Å²) in [5.41, 5.74) is 3.48. The highest BCUT2D eigenvalue weighted by molar-refractivity contribution is 5.34. The average molecular weight is 245 g/mol. The summed E-state index contributed by atoms with van der Waals surface area (Å²) in [6.07, 6.45) is 1.67. The second-order valence-corrected chi connectivity index (χ2v) is 4.54. The largest absolute Gasteiger partial charge is 0.319 e. The van der Waals surface area contributed by atoms with Crippen LogP contribution in [0.4, 0.5) is 0 Å². The zero-order chi connectivity index (χ0) is 13.1. The van der Waals surface area contributed by atoms with Crippen molar-refractivity contribution >= 4 is 0 Å². The minimum Gasteiger partial charge on any atom is -0.319 e. The molecule has 0 radical (unpaired) electrons. The highest BCUT2D eigenvalue weighted by atomic mass is 15.3. The van der Waals surface area contributed by atoms with E-state index in [0.29, 0.717) is 5.92 Å². The Morgan fingerprint density at radius 1 is 1.39 bits per heavy atom. The number of nitrogens with one attached hydrogen (secondary N) is 1. The molecule has 0 saturated heterocycles. The van der Waals surface area contributed by atoms with Gasteiger partial charge in [-0.25, -0.2) is 4.68 Å². The van der Waals surface area contributed by atoms with Crippen LogP contribution in [0.5, 0.6) is 0 Å². The fraction of sp³-hybridized carbons (Fsp3) is 0.462. The molecule has 1 atom stereocenters. The number of likely N-dealkylation sites (N-methyl/N-ethyl adjacent to an activating group) is 1. The Bertz CT molecular complexity index is 518. The van der Waals surface area contributed by atoms with Crippen LogP contribution in [0.25, 0.3) is 5.82 Å². The van der Waals surface area contributed by atoms with Gasteiger partial charge in [0.15, 0.2) is 5.82 Å². The van der Waals surface area contributed by atoms with Crippen molar-refractivity contribution in [3.63, 3.8) is 0 Å².